The van der Waals surface area contributed by atoms with Crippen molar-refractivity contribution in [1.82, 2.24) is 15.5 Å². The summed E-state index contributed by atoms with van der Waals surface area (Å²) < 4.78 is 5.56. The molecular weight excluding hydrogens is 378 g/mol. The van der Waals surface area contributed by atoms with Gasteiger partial charge in [-0.25, -0.2) is 0 Å². The van der Waals surface area contributed by atoms with Crippen molar-refractivity contribution in [2.24, 2.45) is 0 Å². The second kappa shape index (κ2) is 12.0. The Morgan fingerprint density at radius 1 is 0.900 bits per heavy atom. The Bertz CT molecular complexity index is 797. The molecule has 2 aromatic rings. The van der Waals surface area contributed by atoms with Crippen LogP contribution in [-0.2, 0) is 17.9 Å². The normalized spacial score (nSPS) is 10.9. The highest BCUT2D eigenvalue weighted by Gasteiger charge is 2.09. The van der Waals surface area contributed by atoms with Gasteiger partial charge >= 0.3 is 0 Å². The van der Waals surface area contributed by atoms with Gasteiger partial charge in [0.25, 0.3) is 5.91 Å². The zero-order valence-electron chi connectivity index (χ0n) is 18.4. The van der Waals surface area contributed by atoms with Crippen LogP contribution in [0.4, 0.5) is 0 Å². The van der Waals surface area contributed by atoms with Crippen LogP contribution in [0.1, 0.15) is 49.2 Å². The van der Waals surface area contributed by atoms with Crippen LogP contribution in [-0.4, -0.2) is 42.5 Å². The van der Waals surface area contributed by atoms with Gasteiger partial charge in [-0.3, -0.25) is 14.5 Å². The molecule has 0 atom stereocenters. The van der Waals surface area contributed by atoms with Gasteiger partial charge in [0.1, 0.15) is 5.75 Å². The van der Waals surface area contributed by atoms with Crippen molar-refractivity contribution >= 4 is 11.8 Å². The van der Waals surface area contributed by atoms with E-state index in [1.54, 1.807) is 24.3 Å². The van der Waals surface area contributed by atoms with Crippen LogP contribution < -0.4 is 15.4 Å². The number of carbonyl (C=O) groups excluding carboxylic acids is 2. The van der Waals surface area contributed by atoms with Crippen LogP contribution in [0.15, 0.2) is 48.5 Å². The fraction of sp³-hybridized carbons (Fsp3) is 0.417. The molecule has 0 heterocycles. The lowest BCUT2D eigenvalue weighted by Gasteiger charge is -2.18. The average Bonchev–Trinajstić information content (AvgIpc) is 2.75. The number of hydrogen-bond donors (Lipinski definition) is 2. The lowest BCUT2D eigenvalue weighted by atomic mass is 10.1. The second-order valence-corrected chi connectivity index (χ2v) is 7.43. The fourth-order valence-corrected chi connectivity index (χ4v) is 2.95. The molecule has 162 valence electrons. The van der Waals surface area contributed by atoms with Gasteiger partial charge in [0.2, 0.25) is 5.91 Å². The van der Waals surface area contributed by atoms with Crippen LogP contribution in [0.3, 0.4) is 0 Å². The molecule has 2 aromatic carbocycles. The van der Waals surface area contributed by atoms with Gasteiger partial charge in [-0.2, -0.15) is 0 Å². The summed E-state index contributed by atoms with van der Waals surface area (Å²) in [4.78, 5) is 26.6. The van der Waals surface area contributed by atoms with Crippen molar-refractivity contribution in [1.29, 1.82) is 0 Å². The standard InChI is InChI=1S/C24H33N3O3/c1-5-27(6-2)17-20-9-7-19(8-10-20)15-25-23(28)16-26-24(29)21-11-13-22(14-12-21)30-18(3)4/h7-14,18H,5-6,15-17H2,1-4H3,(H,25,28)(H,26,29). The van der Waals surface area contributed by atoms with Crippen molar-refractivity contribution < 1.29 is 14.3 Å². The van der Waals surface area contributed by atoms with Gasteiger partial charge in [0.05, 0.1) is 12.6 Å². The predicted molar refractivity (Wildman–Crippen MR) is 119 cm³/mol. The van der Waals surface area contributed by atoms with Crippen molar-refractivity contribution in [3.63, 3.8) is 0 Å². The smallest absolute Gasteiger partial charge is 0.251 e. The highest BCUT2D eigenvalue weighted by molar-refractivity contribution is 5.96. The number of carbonyl (C=O) groups is 2. The third-order valence-electron chi connectivity index (χ3n) is 4.71. The van der Waals surface area contributed by atoms with E-state index < -0.39 is 0 Å². The number of rotatable bonds is 11. The van der Waals surface area contributed by atoms with E-state index in [0.29, 0.717) is 17.9 Å². The first kappa shape index (κ1) is 23.4. The van der Waals surface area contributed by atoms with E-state index in [4.69, 9.17) is 4.74 Å². The quantitative estimate of drug-likeness (QED) is 0.595. The highest BCUT2D eigenvalue weighted by atomic mass is 16.5. The summed E-state index contributed by atoms with van der Waals surface area (Å²) >= 11 is 0. The number of nitrogens with zero attached hydrogens (tertiary/aromatic N) is 1. The first-order chi connectivity index (χ1) is 14.4. The summed E-state index contributed by atoms with van der Waals surface area (Å²) in [7, 11) is 0. The van der Waals surface area contributed by atoms with Crippen LogP contribution in [0.5, 0.6) is 5.75 Å². The van der Waals surface area contributed by atoms with E-state index in [0.717, 1.165) is 25.2 Å². The van der Waals surface area contributed by atoms with Crippen LogP contribution in [0.25, 0.3) is 0 Å². The molecule has 0 aliphatic rings. The van der Waals surface area contributed by atoms with Crippen molar-refractivity contribution in [2.75, 3.05) is 19.6 Å². The third-order valence-corrected chi connectivity index (χ3v) is 4.71. The number of nitrogens with one attached hydrogen (secondary N) is 2. The van der Waals surface area contributed by atoms with Crippen LogP contribution >= 0.6 is 0 Å². The lowest BCUT2D eigenvalue weighted by Crippen LogP contribution is -2.36. The number of hydrogen-bond acceptors (Lipinski definition) is 4. The second-order valence-electron chi connectivity index (χ2n) is 7.43. The Hall–Kier alpha value is -2.86. The molecule has 0 radical (unpaired) electrons. The van der Waals surface area contributed by atoms with E-state index >= 15 is 0 Å². The topological polar surface area (TPSA) is 70.7 Å². The van der Waals surface area contributed by atoms with Crippen molar-refractivity contribution in [3.8, 4) is 5.75 Å². The molecule has 0 spiro atoms. The molecule has 2 rings (SSSR count). The Kier molecular flexibility index (Phi) is 9.35. The summed E-state index contributed by atoms with van der Waals surface area (Å²) in [5, 5.41) is 5.48. The van der Waals surface area contributed by atoms with Gasteiger partial charge < -0.3 is 15.4 Å². The van der Waals surface area contributed by atoms with Gasteiger partial charge in [0, 0.05) is 18.7 Å². The van der Waals surface area contributed by atoms with Gasteiger partial charge in [-0.1, -0.05) is 38.1 Å². The number of benzene rings is 2. The maximum atomic E-state index is 12.2. The molecule has 30 heavy (non-hydrogen) atoms. The highest BCUT2D eigenvalue weighted by Crippen LogP contribution is 2.13. The van der Waals surface area contributed by atoms with E-state index in [1.165, 1.54) is 5.56 Å². The molecule has 0 aliphatic heterocycles. The average molecular weight is 412 g/mol. The molecule has 0 fully saturated rings. The molecule has 0 saturated carbocycles. The minimum Gasteiger partial charge on any atom is -0.491 e. The van der Waals surface area contributed by atoms with Crippen LogP contribution in [0.2, 0.25) is 0 Å². The minimum absolute atomic E-state index is 0.0663. The third kappa shape index (κ3) is 7.87. The van der Waals surface area contributed by atoms with Crippen LogP contribution in [0, 0.1) is 0 Å². The van der Waals surface area contributed by atoms with E-state index in [9.17, 15) is 9.59 Å². The summed E-state index contributed by atoms with van der Waals surface area (Å²) in [6.45, 7) is 11.5. The molecule has 2 N–H and O–H groups in total. The largest absolute Gasteiger partial charge is 0.491 e. The Labute approximate surface area is 179 Å². The molecule has 0 aliphatic carbocycles. The SMILES string of the molecule is CCN(CC)Cc1ccc(CNC(=O)CNC(=O)c2ccc(OC(C)C)cc2)cc1. The van der Waals surface area contributed by atoms with E-state index in [1.807, 2.05) is 26.0 Å². The van der Waals surface area contributed by atoms with Gasteiger partial charge in [0.15, 0.2) is 0 Å². The summed E-state index contributed by atoms with van der Waals surface area (Å²) in [6, 6.07) is 15.1. The predicted octanol–water partition coefficient (Wildman–Crippen LogP) is 3.36. The molecular formula is C24H33N3O3. The molecule has 0 bridgehead atoms. The number of ether oxygens (including phenoxy) is 1. The lowest BCUT2D eigenvalue weighted by molar-refractivity contribution is -0.120. The molecule has 6 nitrogen and oxygen atoms in total. The maximum absolute atomic E-state index is 12.2. The van der Waals surface area contributed by atoms with Crippen molar-refractivity contribution in [2.45, 2.75) is 46.9 Å². The van der Waals surface area contributed by atoms with Crippen molar-refractivity contribution in [3.05, 3.63) is 65.2 Å². The van der Waals surface area contributed by atoms with Gasteiger partial charge in [-0.05, 0) is 62.3 Å². The minimum atomic E-state index is -0.290. The van der Waals surface area contributed by atoms with E-state index in [-0.39, 0.29) is 24.5 Å². The summed E-state index contributed by atoms with van der Waals surface area (Å²) in [6.07, 6.45) is 0.0759. The first-order valence-electron chi connectivity index (χ1n) is 10.5. The summed E-state index contributed by atoms with van der Waals surface area (Å²) in [5.74, 6) is 0.194. The Balaban J connectivity index is 1.74. The zero-order valence-corrected chi connectivity index (χ0v) is 18.4. The molecule has 0 saturated heterocycles. The maximum Gasteiger partial charge on any atom is 0.251 e. The Morgan fingerprint density at radius 2 is 1.50 bits per heavy atom. The molecule has 2 amide bonds. The molecule has 0 unspecified atom stereocenters. The fourth-order valence-electron chi connectivity index (χ4n) is 2.95. The van der Waals surface area contributed by atoms with E-state index in [2.05, 4.69) is 41.5 Å². The summed E-state index contributed by atoms with van der Waals surface area (Å²) in [5.41, 5.74) is 2.77. The number of amides is 2. The Morgan fingerprint density at radius 3 is 2.07 bits per heavy atom. The zero-order chi connectivity index (χ0) is 21.9. The molecule has 6 heteroatoms. The first-order valence-corrected chi connectivity index (χ1v) is 10.5. The monoisotopic (exact) mass is 411 g/mol. The van der Waals surface area contributed by atoms with Gasteiger partial charge in [-0.15, -0.1) is 0 Å². The molecule has 0 aromatic heterocycles.